The van der Waals surface area contributed by atoms with E-state index in [9.17, 15) is 4.79 Å². The van der Waals surface area contributed by atoms with Gasteiger partial charge in [0, 0.05) is 19.3 Å². The van der Waals surface area contributed by atoms with Crippen LogP contribution in [0.15, 0.2) is 24.3 Å². The third-order valence-electron chi connectivity index (χ3n) is 3.11. The number of benzene rings is 1. The highest BCUT2D eigenvalue weighted by atomic mass is 16.5. The van der Waals surface area contributed by atoms with E-state index in [1.807, 2.05) is 45.2 Å². The van der Waals surface area contributed by atoms with Gasteiger partial charge in [-0.3, -0.25) is 4.79 Å². The highest BCUT2D eigenvalue weighted by Gasteiger charge is 2.19. The number of hydrogen-bond donors (Lipinski definition) is 0. The highest BCUT2D eigenvalue weighted by Crippen LogP contribution is 2.20. The molecule has 0 heterocycles. The van der Waals surface area contributed by atoms with Crippen molar-refractivity contribution in [2.45, 2.75) is 20.3 Å². The van der Waals surface area contributed by atoms with Crippen LogP contribution in [0.25, 0.3) is 0 Å². The fourth-order valence-corrected chi connectivity index (χ4v) is 1.94. The molecule has 106 valence electrons. The summed E-state index contributed by atoms with van der Waals surface area (Å²) < 4.78 is 10.2. The van der Waals surface area contributed by atoms with Crippen molar-refractivity contribution in [2.75, 3.05) is 32.2 Å². The molecular formula is C15H23NO3. The van der Waals surface area contributed by atoms with Gasteiger partial charge in [0.2, 0.25) is 0 Å². The van der Waals surface area contributed by atoms with E-state index in [2.05, 4.69) is 4.90 Å². The second kappa shape index (κ2) is 7.67. The number of anilines is 1. The second-order valence-corrected chi connectivity index (χ2v) is 4.44. The molecule has 0 radical (unpaired) electrons. The zero-order valence-electron chi connectivity index (χ0n) is 12.2. The molecule has 0 aromatic heterocycles. The molecule has 19 heavy (non-hydrogen) atoms. The van der Waals surface area contributed by atoms with Gasteiger partial charge in [-0.05, 0) is 37.6 Å². The molecule has 0 spiro atoms. The largest absolute Gasteiger partial charge is 0.494 e. The summed E-state index contributed by atoms with van der Waals surface area (Å²) in [6.07, 6.45) is 0.772. The van der Waals surface area contributed by atoms with Crippen LogP contribution in [-0.2, 0) is 9.53 Å². The quantitative estimate of drug-likeness (QED) is 0.711. The fourth-order valence-electron chi connectivity index (χ4n) is 1.94. The van der Waals surface area contributed by atoms with E-state index < -0.39 is 0 Å². The van der Waals surface area contributed by atoms with Crippen molar-refractivity contribution in [1.29, 1.82) is 0 Å². The zero-order chi connectivity index (χ0) is 14.3. The Balaban J connectivity index is 2.66. The smallest absolute Gasteiger partial charge is 0.310 e. The van der Waals surface area contributed by atoms with Crippen LogP contribution in [0.2, 0.25) is 0 Å². The molecule has 0 bridgehead atoms. The molecule has 1 atom stereocenters. The van der Waals surface area contributed by atoms with Gasteiger partial charge < -0.3 is 14.4 Å². The van der Waals surface area contributed by atoms with E-state index in [0.29, 0.717) is 13.2 Å². The predicted molar refractivity (Wildman–Crippen MR) is 76.7 cm³/mol. The first kappa shape index (κ1) is 15.3. The summed E-state index contributed by atoms with van der Waals surface area (Å²) >= 11 is 0. The molecule has 4 nitrogen and oxygen atoms in total. The summed E-state index contributed by atoms with van der Waals surface area (Å²) in [6, 6.07) is 7.87. The van der Waals surface area contributed by atoms with Gasteiger partial charge >= 0.3 is 5.97 Å². The van der Waals surface area contributed by atoms with E-state index in [1.165, 1.54) is 7.11 Å². The van der Waals surface area contributed by atoms with E-state index in [1.54, 1.807) is 0 Å². The molecule has 1 unspecified atom stereocenters. The Bertz CT molecular complexity index is 389. The molecule has 0 aliphatic rings. The van der Waals surface area contributed by atoms with E-state index in [-0.39, 0.29) is 11.9 Å². The summed E-state index contributed by atoms with van der Waals surface area (Å²) in [4.78, 5) is 13.6. The maximum absolute atomic E-state index is 11.6. The van der Waals surface area contributed by atoms with Crippen molar-refractivity contribution in [3.05, 3.63) is 24.3 Å². The minimum atomic E-state index is -0.153. The van der Waals surface area contributed by atoms with Crippen molar-refractivity contribution in [3.63, 3.8) is 0 Å². The fraction of sp³-hybridized carbons (Fsp3) is 0.533. The zero-order valence-corrected chi connectivity index (χ0v) is 12.2. The topological polar surface area (TPSA) is 38.8 Å². The van der Waals surface area contributed by atoms with E-state index in [4.69, 9.17) is 9.47 Å². The number of methoxy groups -OCH3 is 1. The summed E-state index contributed by atoms with van der Waals surface area (Å²) in [5.74, 6) is 0.613. The van der Waals surface area contributed by atoms with Crippen molar-refractivity contribution < 1.29 is 14.3 Å². The minimum absolute atomic E-state index is 0.0958. The Morgan fingerprint density at radius 2 is 1.89 bits per heavy atom. The van der Waals surface area contributed by atoms with Gasteiger partial charge in [-0.2, -0.15) is 0 Å². The molecule has 1 aromatic rings. The number of hydrogen-bond acceptors (Lipinski definition) is 4. The summed E-state index contributed by atoms with van der Waals surface area (Å²) in [6.45, 7) is 5.27. The first-order valence-electron chi connectivity index (χ1n) is 6.64. The normalized spacial score (nSPS) is 11.8. The van der Waals surface area contributed by atoms with Gasteiger partial charge in [0.1, 0.15) is 5.75 Å². The average molecular weight is 265 g/mol. The lowest BCUT2D eigenvalue weighted by Gasteiger charge is -2.23. The molecule has 4 heteroatoms. The van der Waals surface area contributed by atoms with Crippen LogP contribution in [0.4, 0.5) is 5.69 Å². The Kier molecular flexibility index (Phi) is 6.19. The van der Waals surface area contributed by atoms with Crippen LogP contribution in [0.3, 0.4) is 0 Å². The molecule has 0 aliphatic carbocycles. The first-order valence-corrected chi connectivity index (χ1v) is 6.64. The maximum atomic E-state index is 11.6. The number of rotatable bonds is 7. The van der Waals surface area contributed by atoms with Crippen LogP contribution in [0, 0.1) is 5.92 Å². The second-order valence-electron chi connectivity index (χ2n) is 4.44. The Morgan fingerprint density at radius 3 is 2.37 bits per heavy atom. The lowest BCUT2D eigenvalue weighted by atomic mass is 10.1. The molecule has 0 N–H and O–H groups in total. The molecule has 0 aliphatic heterocycles. The van der Waals surface area contributed by atoms with Gasteiger partial charge in [-0.25, -0.2) is 0 Å². The lowest BCUT2D eigenvalue weighted by Crippen LogP contribution is -2.30. The predicted octanol–water partition coefficient (Wildman–Crippen LogP) is 2.72. The van der Waals surface area contributed by atoms with Gasteiger partial charge in [0.15, 0.2) is 0 Å². The van der Waals surface area contributed by atoms with Crippen molar-refractivity contribution in [3.8, 4) is 5.75 Å². The average Bonchev–Trinajstić information content (AvgIpc) is 2.44. The molecular weight excluding hydrogens is 242 g/mol. The summed E-state index contributed by atoms with van der Waals surface area (Å²) in [7, 11) is 3.41. The monoisotopic (exact) mass is 265 g/mol. The maximum Gasteiger partial charge on any atom is 0.310 e. The summed E-state index contributed by atoms with van der Waals surface area (Å²) in [5, 5.41) is 0. The lowest BCUT2D eigenvalue weighted by molar-refractivity contribution is -0.145. The molecule has 0 fully saturated rings. The minimum Gasteiger partial charge on any atom is -0.494 e. The van der Waals surface area contributed by atoms with Gasteiger partial charge in [0.05, 0.1) is 19.6 Å². The first-order chi connectivity index (χ1) is 9.12. The molecule has 0 saturated carbocycles. The van der Waals surface area contributed by atoms with Crippen molar-refractivity contribution in [1.82, 2.24) is 0 Å². The SMILES string of the molecule is CCOc1ccc(N(C)CC(CC)C(=O)OC)cc1. The van der Waals surface area contributed by atoms with Crippen LogP contribution in [0.5, 0.6) is 5.75 Å². The third kappa shape index (κ3) is 4.47. The van der Waals surface area contributed by atoms with Crippen LogP contribution >= 0.6 is 0 Å². The van der Waals surface area contributed by atoms with Crippen LogP contribution in [-0.4, -0.2) is 33.3 Å². The molecule has 0 saturated heterocycles. The summed E-state index contributed by atoms with van der Waals surface area (Å²) in [5.41, 5.74) is 1.06. The molecule has 1 rings (SSSR count). The van der Waals surface area contributed by atoms with E-state index >= 15 is 0 Å². The van der Waals surface area contributed by atoms with E-state index in [0.717, 1.165) is 17.9 Å². The molecule has 1 aromatic carbocycles. The van der Waals surface area contributed by atoms with Crippen molar-refractivity contribution in [2.24, 2.45) is 5.92 Å². The number of esters is 1. The van der Waals surface area contributed by atoms with Crippen molar-refractivity contribution >= 4 is 11.7 Å². The number of nitrogens with zero attached hydrogens (tertiary/aromatic N) is 1. The Labute approximate surface area is 115 Å². The number of carbonyl (C=O) groups excluding carboxylic acids is 1. The number of ether oxygens (including phenoxy) is 2. The Hall–Kier alpha value is -1.71. The number of carbonyl (C=O) groups is 1. The van der Waals surface area contributed by atoms with Gasteiger partial charge in [0.25, 0.3) is 0 Å². The van der Waals surface area contributed by atoms with Crippen LogP contribution in [0.1, 0.15) is 20.3 Å². The van der Waals surface area contributed by atoms with Gasteiger partial charge in [-0.1, -0.05) is 6.92 Å². The standard InChI is InChI=1S/C15H23NO3/c1-5-12(15(17)18-4)11-16(3)13-7-9-14(10-8-13)19-6-2/h7-10,12H,5-6,11H2,1-4H3. The third-order valence-corrected chi connectivity index (χ3v) is 3.11. The Morgan fingerprint density at radius 1 is 1.26 bits per heavy atom. The highest BCUT2D eigenvalue weighted by molar-refractivity contribution is 5.73. The molecule has 0 amide bonds. The van der Waals surface area contributed by atoms with Gasteiger partial charge in [-0.15, -0.1) is 0 Å². The van der Waals surface area contributed by atoms with Crippen LogP contribution < -0.4 is 9.64 Å².